The number of aryl methyl sites for hydroxylation is 2. The van der Waals surface area contributed by atoms with E-state index in [9.17, 15) is 0 Å². The Kier molecular flexibility index (Phi) is 10.8. The normalized spacial score (nSPS) is 8.37. The third-order valence-corrected chi connectivity index (χ3v) is 2.54. The van der Waals surface area contributed by atoms with Crippen LogP contribution in [0.4, 0.5) is 0 Å². The molecule has 0 nitrogen and oxygen atoms in total. The van der Waals surface area contributed by atoms with Crippen molar-refractivity contribution in [3.05, 3.63) is 65.8 Å². The molecule has 0 spiro atoms. The molecule has 0 atom stereocenters. The topological polar surface area (TPSA) is 0 Å². The van der Waals surface area contributed by atoms with Crippen molar-refractivity contribution in [3.8, 4) is 0 Å². The molecule has 0 aliphatic carbocycles. The fraction of sp³-hybridized carbons (Fsp3) is 0.368. The Hall–Kier alpha value is -1.56. The lowest BCUT2D eigenvalue weighted by atomic mass is 9.97. The molecule has 0 heterocycles. The van der Waals surface area contributed by atoms with Crippen LogP contribution in [0.25, 0.3) is 5.57 Å². The highest BCUT2D eigenvalue weighted by atomic mass is 14.1. The number of benzene rings is 1. The molecular formula is C19H30. The minimum absolute atomic E-state index is 0.992. The molecule has 19 heavy (non-hydrogen) atoms. The van der Waals surface area contributed by atoms with Crippen LogP contribution in [0.15, 0.2) is 43.5 Å². The van der Waals surface area contributed by atoms with E-state index < -0.39 is 0 Å². The largest absolute Gasteiger partial charge is 0.100 e. The van der Waals surface area contributed by atoms with Crippen LogP contribution < -0.4 is 0 Å². The summed E-state index contributed by atoms with van der Waals surface area (Å²) in [7, 11) is 0. The second kappa shape index (κ2) is 10.4. The van der Waals surface area contributed by atoms with Crippen LogP contribution in [0.1, 0.15) is 49.9 Å². The molecule has 0 amide bonds. The lowest BCUT2D eigenvalue weighted by Crippen LogP contribution is -1.89. The van der Waals surface area contributed by atoms with E-state index in [1.54, 1.807) is 6.08 Å². The molecule has 0 unspecified atom stereocenters. The van der Waals surface area contributed by atoms with E-state index in [4.69, 9.17) is 0 Å². The summed E-state index contributed by atoms with van der Waals surface area (Å²) in [5.74, 6) is 0. The average Bonchev–Trinajstić information content (AvgIpc) is 2.36. The maximum Gasteiger partial charge on any atom is -0.0185 e. The molecule has 0 saturated carbocycles. The van der Waals surface area contributed by atoms with Crippen molar-refractivity contribution in [2.45, 2.75) is 48.5 Å². The summed E-state index contributed by atoms with van der Waals surface area (Å²) in [6, 6.07) is 4.32. The Morgan fingerprint density at radius 1 is 0.947 bits per heavy atom. The highest BCUT2D eigenvalue weighted by Crippen LogP contribution is 2.20. The lowest BCUT2D eigenvalue weighted by molar-refractivity contribution is 1.26. The molecule has 106 valence electrons. The van der Waals surface area contributed by atoms with E-state index >= 15 is 0 Å². The van der Waals surface area contributed by atoms with E-state index in [-0.39, 0.29) is 0 Å². The zero-order chi connectivity index (χ0) is 15.6. The van der Waals surface area contributed by atoms with Gasteiger partial charge in [-0.1, -0.05) is 50.8 Å². The molecule has 0 aliphatic heterocycles. The van der Waals surface area contributed by atoms with Crippen molar-refractivity contribution < 1.29 is 0 Å². The third kappa shape index (κ3) is 8.20. The van der Waals surface area contributed by atoms with Gasteiger partial charge in [0.2, 0.25) is 0 Å². The second-order valence-electron chi connectivity index (χ2n) is 4.67. The van der Waals surface area contributed by atoms with Crippen LogP contribution in [0, 0.1) is 20.8 Å². The number of allylic oxidation sites excluding steroid dienone is 3. The maximum atomic E-state index is 3.94. The van der Waals surface area contributed by atoms with Crippen molar-refractivity contribution in [3.63, 3.8) is 0 Å². The van der Waals surface area contributed by atoms with Crippen LogP contribution in [-0.4, -0.2) is 0 Å². The zero-order valence-corrected chi connectivity index (χ0v) is 13.9. The molecule has 0 radical (unpaired) electrons. The summed E-state index contributed by atoms with van der Waals surface area (Å²) < 4.78 is 0. The van der Waals surface area contributed by atoms with Crippen molar-refractivity contribution in [1.29, 1.82) is 0 Å². The Morgan fingerprint density at radius 2 is 1.26 bits per heavy atom. The summed E-state index contributed by atoms with van der Waals surface area (Å²) in [5.41, 5.74) is 7.33. The Balaban J connectivity index is 0. The fourth-order valence-corrected chi connectivity index (χ4v) is 1.34. The molecule has 0 N–H and O–H groups in total. The third-order valence-electron chi connectivity index (χ3n) is 2.54. The first-order valence-corrected chi connectivity index (χ1v) is 6.81. The Labute approximate surface area is 120 Å². The van der Waals surface area contributed by atoms with Crippen molar-refractivity contribution in [1.82, 2.24) is 0 Å². The summed E-state index contributed by atoms with van der Waals surface area (Å²) in [6.45, 7) is 25.6. The smallest absolute Gasteiger partial charge is 0.0185 e. The standard InChI is InChI=1S/C13H16.C4H8.C2H6/c1-6-9(2)13-7-10(3)12(5)11(4)8-13;1-4(2)3;1-2/h6-8H,1-2H2,3-5H3;1H2,2-3H3;1-2H3. The van der Waals surface area contributed by atoms with Gasteiger partial charge in [0, 0.05) is 0 Å². The van der Waals surface area contributed by atoms with Gasteiger partial charge in [-0.3, -0.25) is 0 Å². The van der Waals surface area contributed by atoms with Gasteiger partial charge in [0.15, 0.2) is 0 Å². The molecule has 0 aromatic heterocycles. The second-order valence-corrected chi connectivity index (χ2v) is 4.67. The summed E-state index contributed by atoms with van der Waals surface area (Å²) >= 11 is 0. The average molecular weight is 258 g/mol. The molecule has 0 fully saturated rings. The van der Waals surface area contributed by atoms with Crippen LogP contribution in [0.2, 0.25) is 0 Å². The number of rotatable bonds is 2. The fourth-order valence-electron chi connectivity index (χ4n) is 1.34. The lowest BCUT2D eigenvalue weighted by Gasteiger charge is -2.08. The van der Waals surface area contributed by atoms with Gasteiger partial charge in [-0.25, -0.2) is 0 Å². The number of hydrogen-bond acceptors (Lipinski definition) is 0. The number of hydrogen-bond donors (Lipinski definition) is 0. The molecule has 1 rings (SSSR count). The van der Waals surface area contributed by atoms with Gasteiger partial charge < -0.3 is 0 Å². The van der Waals surface area contributed by atoms with Crippen molar-refractivity contribution in [2.75, 3.05) is 0 Å². The van der Waals surface area contributed by atoms with E-state index in [1.165, 1.54) is 27.8 Å². The first-order chi connectivity index (χ1) is 8.79. The van der Waals surface area contributed by atoms with E-state index in [2.05, 4.69) is 52.6 Å². The van der Waals surface area contributed by atoms with Crippen LogP contribution in [0.3, 0.4) is 0 Å². The van der Waals surface area contributed by atoms with Crippen molar-refractivity contribution in [2.24, 2.45) is 0 Å². The SMILES string of the molecule is C=C(C)C.C=CC(=C)c1cc(C)c(C)c(C)c1.CC. The first kappa shape index (κ1) is 19.8. The molecule has 0 bridgehead atoms. The van der Waals surface area contributed by atoms with Gasteiger partial charge in [-0.05, 0) is 62.4 Å². The van der Waals surface area contributed by atoms with E-state index in [1.807, 2.05) is 27.7 Å². The van der Waals surface area contributed by atoms with Gasteiger partial charge in [0.1, 0.15) is 0 Å². The van der Waals surface area contributed by atoms with Gasteiger partial charge in [0.05, 0.1) is 0 Å². The molecule has 0 saturated heterocycles. The van der Waals surface area contributed by atoms with Gasteiger partial charge in [0.25, 0.3) is 0 Å². The van der Waals surface area contributed by atoms with E-state index in [0.29, 0.717) is 0 Å². The predicted octanol–water partition coefficient (Wildman–Crippen LogP) is 6.42. The Morgan fingerprint density at radius 3 is 1.53 bits per heavy atom. The molecule has 0 aliphatic rings. The monoisotopic (exact) mass is 258 g/mol. The van der Waals surface area contributed by atoms with Crippen LogP contribution in [0.5, 0.6) is 0 Å². The predicted molar refractivity (Wildman–Crippen MR) is 91.7 cm³/mol. The van der Waals surface area contributed by atoms with Gasteiger partial charge in [-0.2, -0.15) is 0 Å². The summed E-state index contributed by atoms with van der Waals surface area (Å²) in [5, 5.41) is 0. The molecule has 0 heteroatoms. The highest BCUT2D eigenvalue weighted by molar-refractivity contribution is 5.72. The van der Waals surface area contributed by atoms with Gasteiger partial charge >= 0.3 is 0 Å². The first-order valence-electron chi connectivity index (χ1n) is 6.81. The molecular weight excluding hydrogens is 228 g/mol. The van der Waals surface area contributed by atoms with Crippen LogP contribution in [-0.2, 0) is 0 Å². The van der Waals surface area contributed by atoms with Crippen molar-refractivity contribution >= 4 is 5.57 Å². The minimum Gasteiger partial charge on any atom is -0.100 e. The quantitative estimate of drug-likeness (QED) is 0.424. The van der Waals surface area contributed by atoms with E-state index in [0.717, 1.165) is 5.57 Å². The minimum atomic E-state index is 0.992. The maximum absolute atomic E-state index is 3.94. The Bertz CT molecular complexity index is 406. The van der Waals surface area contributed by atoms with Crippen LogP contribution >= 0.6 is 0 Å². The highest BCUT2D eigenvalue weighted by Gasteiger charge is 2.01. The van der Waals surface area contributed by atoms with Gasteiger partial charge in [-0.15, -0.1) is 6.58 Å². The zero-order valence-electron chi connectivity index (χ0n) is 13.9. The molecule has 1 aromatic rings. The summed E-state index contributed by atoms with van der Waals surface area (Å²) in [4.78, 5) is 0. The summed E-state index contributed by atoms with van der Waals surface area (Å²) in [6.07, 6.45) is 1.80. The molecule has 1 aromatic carbocycles.